The van der Waals surface area contributed by atoms with E-state index in [2.05, 4.69) is 10.3 Å². The van der Waals surface area contributed by atoms with Crippen LogP contribution in [0.15, 0.2) is 21.3 Å². The average molecular weight is 331 g/mol. The van der Waals surface area contributed by atoms with Gasteiger partial charge < -0.3 is 14.7 Å². The van der Waals surface area contributed by atoms with E-state index < -0.39 is 16.7 Å². The van der Waals surface area contributed by atoms with Crippen molar-refractivity contribution in [3.05, 3.63) is 60.7 Å². The zero-order valence-corrected chi connectivity index (χ0v) is 13.2. The van der Waals surface area contributed by atoms with Crippen molar-refractivity contribution in [1.82, 2.24) is 10.3 Å². The van der Waals surface area contributed by atoms with Gasteiger partial charge in [-0.3, -0.25) is 19.7 Å². The van der Waals surface area contributed by atoms with Crippen molar-refractivity contribution < 1.29 is 14.1 Å². The minimum atomic E-state index is -0.710. The predicted octanol–water partition coefficient (Wildman–Crippen LogP) is 1.99. The van der Waals surface area contributed by atoms with Crippen molar-refractivity contribution in [1.29, 1.82) is 0 Å². The standard InChI is InChI=1S/C16H17N3O5/c1-9-10-4-2-3-5-11(10)12(15(20)18-9)8-17-16(21)13-6-7-14(24-13)19(22)23/h6-7H,2-5,8H2,1H3,(H,17,21)(H,18,20). The van der Waals surface area contributed by atoms with Gasteiger partial charge in [-0.1, -0.05) is 0 Å². The third-order valence-electron chi connectivity index (χ3n) is 4.28. The second-order valence-corrected chi connectivity index (χ2v) is 5.80. The largest absolute Gasteiger partial charge is 0.433 e. The fourth-order valence-corrected chi connectivity index (χ4v) is 3.10. The van der Waals surface area contributed by atoms with Crippen LogP contribution in [0.25, 0.3) is 0 Å². The second-order valence-electron chi connectivity index (χ2n) is 5.80. The average Bonchev–Trinajstić information content (AvgIpc) is 3.05. The summed E-state index contributed by atoms with van der Waals surface area (Å²) in [5, 5.41) is 13.2. The van der Waals surface area contributed by atoms with Crippen LogP contribution < -0.4 is 10.9 Å². The van der Waals surface area contributed by atoms with Gasteiger partial charge in [0, 0.05) is 17.8 Å². The Balaban J connectivity index is 1.80. The number of amides is 1. The lowest BCUT2D eigenvalue weighted by atomic mass is 9.88. The quantitative estimate of drug-likeness (QED) is 0.656. The molecule has 1 amide bonds. The molecule has 0 saturated heterocycles. The molecule has 0 aliphatic heterocycles. The van der Waals surface area contributed by atoms with Crippen LogP contribution in [-0.4, -0.2) is 15.8 Å². The Labute approximate surface area is 137 Å². The first-order valence-corrected chi connectivity index (χ1v) is 7.73. The summed E-state index contributed by atoms with van der Waals surface area (Å²) >= 11 is 0. The number of nitro groups is 1. The highest BCUT2D eigenvalue weighted by Gasteiger charge is 2.21. The fraction of sp³-hybridized carbons (Fsp3) is 0.375. The Morgan fingerprint density at radius 3 is 2.71 bits per heavy atom. The molecular weight excluding hydrogens is 314 g/mol. The molecule has 8 nitrogen and oxygen atoms in total. The van der Waals surface area contributed by atoms with E-state index in [1.807, 2.05) is 6.92 Å². The molecule has 0 bridgehead atoms. The van der Waals surface area contributed by atoms with E-state index in [0.29, 0.717) is 5.56 Å². The number of aromatic nitrogens is 1. The van der Waals surface area contributed by atoms with E-state index in [4.69, 9.17) is 4.42 Å². The van der Waals surface area contributed by atoms with Gasteiger partial charge in [0.1, 0.15) is 4.92 Å². The van der Waals surface area contributed by atoms with Gasteiger partial charge in [-0.25, -0.2) is 0 Å². The van der Waals surface area contributed by atoms with Crippen LogP contribution in [0, 0.1) is 17.0 Å². The van der Waals surface area contributed by atoms with Crippen molar-refractivity contribution in [3.63, 3.8) is 0 Å². The molecule has 1 aliphatic carbocycles. The smallest absolute Gasteiger partial charge is 0.395 e. The number of aromatic amines is 1. The number of hydrogen-bond donors (Lipinski definition) is 2. The number of carbonyl (C=O) groups is 1. The zero-order chi connectivity index (χ0) is 17.3. The van der Waals surface area contributed by atoms with Crippen LogP contribution in [0.4, 0.5) is 5.88 Å². The fourth-order valence-electron chi connectivity index (χ4n) is 3.10. The highest BCUT2D eigenvalue weighted by molar-refractivity contribution is 5.91. The Kier molecular flexibility index (Phi) is 4.20. The highest BCUT2D eigenvalue weighted by Crippen LogP contribution is 2.24. The normalized spacial score (nSPS) is 13.4. The third kappa shape index (κ3) is 2.94. The molecular formula is C16H17N3O5. The maximum atomic E-state index is 12.2. The molecule has 0 fully saturated rings. The van der Waals surface area contributed by atoms with Crippen LogP contribution in [-0.2, 0) is 19.4 Å². The van der Waals surface area contributed by atoms with Crippen molar-refractivity contribution in [2.75, 3.05) is 0 Å². The van der Waals surface area contributed by atoms with Crippen molar-refractivity contribution in [2.24, 2.45) is 0 Å². The lowest BCUT2D eigenvalue weighted by Gasteiger charge is -2.20. The van der Waals surface area contributed by atoms with Crippen molar-refractivity contribution >= 4 is 11.8 Å². The number of pyridine rings is 1. The molecule has 0 aromatic carbocycles. The summed E-state index contributed by atoms with van der Waals surface area (Å²) in [6.45, 7) is 1.95. The molecule has 8 heteroatoms. The number of hydrogen-bond acceptors (Lipinski definition) is 5. The third-order valence-corrected chi connectivity index (χ3v) is 4.28. The van der Waals surface area contributed by atoms with Crippen LogP contribution in [0.3, 0.4) is 0 Å². The minimum absolute atomic E-state index is 0.0608. The molecule has 0 radical (unpaired) electrons. The van der Waals surface area contributed by atoms with Gasteiger partial charge in [0.25, 0.3) is 11.5 Å². The number of H-pyrrole nitrogens is 1. The first-order valence-electron chi connectivity index (χ1n) is 7.73. The van der Waals surface area contributed by atoms with E-state index in [1.165, 1.54) is 6.07 Å². The zero-order valence-electron chi connectivity index (χ0n) is 13.2. The van der Waals surface area contributed by atoms with Crippen LogP contribution >= 0.6 is 0 Å². The molecule has 2 N–H and O–H groups in total. The molecule has 0 saturated carbocycles. The van der Waals surface area contributed by atoms with E-state index in [0.717, 1.165) is 48.6 Å². The maximum absolute atomic E-state index is 12.2. The predicted molar refractivity (Wildman–Crippen MR) is 85.0 cm³/mol. The molecule has 2 aromatic rings. The van der Waals surface area contributed by atoms with Crippen molar-refractivity contribution in [3.8, 4) is 0 Å². The molecule has 0 spiro atoms. The van der Waals surface area contributed by atoms with E-state index in [1.54, 1.807) is 0 Å². The summed E-state index contributed by atoms with van der Waals surface area (Å²) in [5.74, 6) is -1.24. The molecule has 3 rings (SSSR count). The van der Waals surface area contributed by atoms with Gasteiger partial charge in [0.15, 0.2) is 5.76 Å². The minimum Gasteiger partial charge on any atom is -0.395 e. The highest BCUT2D eigenvalue weighted by atomic mass is 16.6. The molecule has 0 atom stereocenters. The van der Waals surface area contributed by atoms with Crippen LogP contribution in [0.5, 0.6) is 0 Å². The number of carbonyl (C=O) groups excluding carboxylic acids is 1. The summed E-state index contributed by atoms with van der Waals surface area (Å²) in [7, 11) is 0. The molecule has 24 heavy (non-hydrogen) atoms. The van der Waals surface area contributed by atoms with E-state index >= 15 is 0 Å². The van der Waals surface area contributed by atoms with Gasteiger partial charge in [0.2, 0.25) is 0 Å². The number of nitrogens with zero attached hydrogens (tertiary/aromatic N) is 1. The first-order chi connectivity index (χ1) is 11.5. The van der Waals surface area contributed by atoms with Gasteiger partial charge in [-0.2, -0.15) is 0 Å². The summed E-state index contributed by atoms with van der Waals surface area (Å²) < 4.78 is 4.86. The van der Waals surface area contributed by atoms with Gasteiger partial charge in [0.05, 0.1) is 6.07 Å². The number of furan rings is 1. The first kappa shape index (κ1) is 16.0. The van der Waals surface area contributed by atoms with Gasteiger partial charge in [-0.15, -0.1) is 0 Å². The molecule has 2 heterocycles. The Bertz CT molecular complexity index is 865. The second kappa shape index (κ2) is 6.31. The number of rotatable bonds is 4. The van der Waals surface area contributed by atoms with Crippen LogP contribution in [0.2, 0.25) is 0 Å². The summed E-state index contributed by atoms with van der Waals surface area (Å²) in [6, 6.07) is 2.36. The lowest BCUT2D eigenvalue weighted by Crippen LogP contribution is -2.30. The van der Waals surface area contributed by atoms with Crippen molar-refractivity contribution in [2.45, 2.75) is 39.2 Å². The van der Waals surface area contributed by atoms with Crippen LogP contribution in [0.1, 0.15) is 45.8 Å². The maximum Gasteiger partial charge on any atom is 0.433 e. The Morgan fingerprint density at radius 2 is 2.04 bits per heavy atom. The Morgan fingerprint density at radius 1 is 1.33 bits per heavy atom. The summed E-state index contributed by atoms with van der Waals surface area (Å²) in [5.41, 5.74) is 3.38. The SMILES string of the molecule is Cc1[nH]c(=O)c(CNC(=O)c2ccc([N+](=O)[O-])o2)c2c1CCCC2. The van der Waals surface area contributed by atoms with Gasteiger partial charge in [-0.05, 0) is 49.8 Å². The van der Waals surface area contributed by atoms with E-state index in [-0.39, 0.29) is 17.9 Å². The van der Waals surface area contributed by atoms with E-state index in [9.17, 15) is 19.7 Å². The van der Waals surface area contributed by atoms with Gasteiger partial charge >= 0.3 is 5.88 Å². The molecule has 0 unspecified atom stereocenters. The summed E-state index contributed by atoms with van der Waals surface area (Å²) in [6.07, 6.45) is 3.84. The topological polar surface area (TPSA) is 118 Å². The number of fused-ring (bicyclic) bond motifs is 1. The Hall–Kier alpha value is -2.90. The monoisotopic (exact) mass is 331 g/mol. The number of nitrogens with one attached hydrogen (secondary N) is 2. The lowest BCUT2D eigenvalue weighted by molar-refractivity contribution is -0.402. The molecule has 2 aromatic heterocycles. The summed E-state index contributed by atoms with van der Waals surface area (Å²) in [4.78, 5) is 37.0. The number of aryl methyl sites for hydroxylation is 1. The molecule has 1 aliphatic rings. The molecule has 126 valence electrons.